The van der Waals surface area contributed by atoms with Crippen LogP contribution in [-0.4, -0.2) is 25.5 Å². The van der Waals surface area contributed by atoms with Gasteiger partial charge in [-0.05, 0) is 61.4 Å². The van der Waals surface area contributed by atoms with E-state index in [-0.39, 0.29) is 11.3 Å². The molecule has 1 N–H and O–H groups in total. The van der Waals surface area contributed by atoms with Crippen molar-refractivity contribution in [2.45, 2.75) is 13.8 Å². The van der Waals surface area contributed by atoms with Gasteiger partial charge < -0.3 is 14.8 Å². The summed E-state index contributed by atoms with van der Waals surface area (Å²) in [7, 11) is 1.53. The molecule has 1 aliphatic rings. The van der Waals surface area contributed by atoms with E-state index in [1.165, 1.54) is 12.0 Å². The third-order valence-electron chi connectivity index (χ3n) is 5.32. The van der Waals surface area contributed by atoms with Gasteiger partial charge in [-0.15, -0.1) is 0 Å². The second-order valence-electron chi connectivity index (χ2n) is 7.41. The number of methoxy groups -OCH3 is 1. The normalized spacial score (nSPS) is 13.5. The predicted octanol–water partition coefficient (Wildman–Crippen LogP) is 5.45. The van der Waals surface area contributed by atoms with Gasteiger partial charge in [0.05, 0.1) is 30.0 Å². The van der Waals surface area contributed by atoms with Crippen LogP contribution in [0.15, 0.2) is 72.4 Å². The fraction of sp³-hybridized carbons (Fsp3) is 0.154. The van der Waals surface area contributed by atoms with E-state index in [0.717, 1.165) is 5.56 Å². The van der Waals surface area contributed by atoms with E-state index >= 15 is 0 Å². The first-order valence-corrected chi connectivity index (χ1v) is 10.8. The summed E-state index contributed by atoms with van der Waals surface area (Å²) < 4.78 is 10.7. The zero-order chi connectivity index (χ0) is 23.5. The van der Waals surface area contributed by atoms with E-state index in [9.17, 15) is 9.59 Å². The van der Waals surface area contributed by atoms with Gasteiger partial charge in [0.2, 0.25) is 0 Å². The smallest absolute Gasteiger partial charge is 0.282 e. The third-order valence-corrected chi connectivity index (χ3v) is 5.61. The molecule has 0 saturated heterocycles. The lowest BCUT2D eigenvalue weighted by Gasteiger charge is -2.17. The molecule has 0 saturated carbocycles. The molecule has 0 spiro atoms. The summed E-state index contributed by atoms with van der Waals surface area (Å²) in [4.78, 5) is 28.3. The number of carbonyl (C=O) groups is 2. The molecule has 168 valence electrons. The number of rotatable bonds is 7. The van der Waals surface area contributed by atoms with Crippen molar-refractivity contribution in [3.8, 4) is 11.5 Å². The van der Waals surface area contributed by atoms with Crippen LogP contribution in [0.4, 0.5) is 11.4 Å². The number of benzene rings is 3. The van der Waals surface area contributed by atoms with Crippen LogP contribution >= 0.6 is 11.6 Å². The number of carbonyl (C=O) groups excluding carboxylic acids is 2. The summed E-state index contributed by atoms with van der Waals surface area (Å²) in [5.41, 5.74) is 2.98. The molecule has 0 aromatic heterocycles. The van der Waals surface area contributed by atoms with Gasteiger partial charge in [-0.1, -0.05) is 41.9 Å². The topological polar surface area (TPSA) is 67.9 Å². The highest BCUT2D eigenvalue weighted by Gasteiger charge is 2.40. The molecular formula is C26H23ClN2O4. The van der Waals surface area contributed by atoms with Crippen LogP contribution in [-0.2, 0) is 9.59 Å². The number of para-hydroxylation sites is 1. The summed E-state index contributed by atoms with van der Waals surface area (Å²) in [6, 6.07) is 19.5. The quantitative estimate of drug-likeness (QED) is 0.473. The van der Waals surface area contributed by atoms with Crippen molar-refractivity contribution in [2.75, 3.05) is 23.9 Å². The fourth-order valence-corrected chi connectivity index (χ4v) is 3.98. The van der Waals surface area contributed by atoms with E-state index in [4.69, 9.17) is 21.1 Å². The molecule has 0 atom stereocenters. The average molecular weight is 463 g/mol. The van der Waals surface area contributed by atoms with Crippen LogP contribution in [0.25, 0.3) is 5.57 Å². The first kappa shape index (κ1) is 22.4. The van der Waals surface area contributed by atoms with Crippen molar-refractivity contribution in [2.24, 2.45) is 0 Å². The maximum atomic E-state index is 13.6. The minimum absolute atomic E-state index is 0.175. The zero-order valence-electron chi connectivity index (χ0n) is 18.5. The van der Waals surface area contributed by atoms with E-state index in [1.54, 1.807) is 54.6 Å². The monoisotopic (exact) mass is 462 g/mol. The molecule has 33 heavy (non-hydrogen) atoms. The summed E-state index contributed by atoms with van der Waals surface area (Å²) in [6.07, 6.45) is 0. The Balaban J connectivity index is 1.80. The lowest BCUT2D eigenvalue weighted by molar-refractivity contribution is -0.120. The SMILES string of the molecule is CCOc1ccc(C2=C(Nc3ccc(OC)c(Cl)c3)C(=O)N(c3ccccc3C)C2=O)cc1. The van der Waals surface area contributed by atoms with Crippen molar-refractivity contribution in [1.29, 1.82) is 0 Å². The molecule has 0 fully saturated rings. The molecule has 1 heterocycles. The molecule has 0 bridgehead atoms. The summed E-state index contributed by atoms with van der Waals surface area (Å²) in [6.45, 7) is 4.30. The van der Waals surface area contributed by atoms with Crippen LogP contribution in [0.2, 0.25) is 5.02 Å². The highest BCUT2D eigenvalue weighted by Crippen LogP contribution is 2.36. The molecule has 7 heteroatoms. The van der Waals surface area contributed by atoms with Gasteiger partial charge in [0.15, 0.2) is 0 Å². The lowest BCUT2D eigenvalue weighted by Crippen LogP contribution is -2.33. The highest BCUT2D eigenvalue weighted by molar-refractivity contribution is 6.46. The van der Waals surface area contributed by atoms with E-state index < -0.39 is 11.8 Å². The molecular weight excluding hydrogens is 440 g/mol. The number of nitrogens with one attached hydrogen (secondary N) is 1. The van der Waals surface area contributed by atoms with E-state index in [2.05, 4.69) is 5.32 Å². The fourth-order valence-electron chi connectivity index (χ4n) is 3.72. The van der Waals surface area contributed by atoms with Gasteiger partial charge in [-0.25, -0.2) is 4.90 Å². The molecule has 1 aliphatic heterocycles. The van der Waals surface area contributed by atoms with Gasteiger partial charge in [0, 0.05) is 5.69 Å². The molecule has 0 unspecified atom stereocenters. The Morgan fingerprint density at radius 2 is 1.70 bits per heavy atom. The maximum Gasteiger partial charge on any atom is 0.282 e. The number of nitrogens with zero attached hydrogens (tertiary/aromatic N) is 1. The number of halogens is 1. The van der Waals surface area contributed by atoms with Gasteiger partial charge in [0.25, 0.3) is 11.8 Å². The average Bonchev–Trinajstić information content (AvgIpc) is 3.04. The minimum Gasteiger partial charge on any atom is -0.495 e. The van der Waals surface area contributed by atoms with Crippen molar-refractivity contribution in [3.05, 3.63) is 88.6 Å². The van der Waals surface area contributed by atoms with Gasteiger partial charge >= 0.3 is 0 Å². The van der Waals surface area contributed by atoms with Crippen molar-refractivity contribution in [1.82, 2.24) is 0 Å². The van der Waals surface area contributed by atoms with Crippen LogP contribution in [0.5, 0.6) is 11.5 Å². The molecule has 3 aromatic carbocycles. The van der Waals surface area contributed by atoms with Gasteiger partial charge in [-0.3, -0.25) is 9.59 Å². The molecule has 6 nitrogen and oxygen atoms in total. The summed E-state index contributed by atoms with van der Waals surface area (Å²) in [5, 5.41) is 3.50. The first-order valence-electron chi connectivity index (χ1n) is 10.5. The Morgan fingerprint density at radius 3 is 2.33 bits per heavy atom. The largest absolute Gasteiger partial charge is 0.495 e. The van der Waals surface area contributed by atoms with Crippen molar-refractivity contribution in [3.63, 3.8) is 0 Å². The molecule has 4 rings (SSSR count). The Hall–Kier alpha value is -3.77. The number of imide groups is 1. The Kier molecular flexibility index (Phi) is 6.38. The summed E-state index contributed by atoms with van der Waals surface area (Å²) in [5.74, 6) is 0.356. The van der Waals surface area contributed by atoms with Gasteiger partial charge in [0.1, 0.15) is 17.2 Å². The third kappa shape index (κ3) is 4.30. The van der Waals surface area contributed by atoms with Crippen molar-refractivity contribution < 1.29 is 19.1 Å². The molecule has 0 radical (unpaired) electrons. The number of aryl methyl sites for hydroxylation is 1. The zero-order valence-corrected chi connectivity index (χ0v) is 19.3. The van der Waals surface area contributed by atoms with Crippen molar-refractivity contribution >= 4 is 40.4 Å². The van der Waals surface area contributed by atoms with Gasteiger partial charge in [-0.2, -0.15) is 0 Å². The molecule has 0 aliphatic carbocycles. The second kappa shape index (κ2) is 9.38. The number of anilines is 2. The van der Waals surface area contributed by atoms with Crippen LogP contribution in [0.3, 0.4) is 0 Å². The maximum absolute atomic E-state index is 13.6. The Morgan fingerprint density at radius 1 is 0.970 bits per heavy atom. The summed E-state index contributed by atoms with van der Waals surface area (Å²) >= 11 is 6.27. The highest BCUT2D eigenvalue weighted by atomic mass is 35.5. The standard InChI is InChI=1S/C26H23ClN2O4/c1-4-33-19-12-9-17(10-13-19)23-24(28-18-11-14-22(32-3)20(27)15-18)26(31)29(25(23)30)21-8-6-5-7-16(21)2/h5-15,28H,4H2,1-3H3. The molecule has 3 aromatic rings. The Bertz CT molecular complexity index is 1250. The second-order valence-corrected chi connectivity index (χ2v) is 7.82. The lowest BCUT2D eigenvalue weighted by atomic mass is 10.0. The van der Waals surface area contributed by atoms with E-state index in [0.29, 0.717) is 40.1 Å². The first-order chi connectivity index (χ1) is 15.9. The van der Waals surface area contributed by atoms with E-state index in [1.807, 2.05) is 26.0 Å². The van der Waals surface area contributed by atoms with Crippen LogP contribution in [0.1, 0.15) is 18.1 Å². The predicted molar refractivity (Wildman–Crippen MR) is 130 cm³/mol. The Labute approximate surface area is 197 Å². The number of hydrogen-bond donors (Lipinski definition) is 1. The van der Waals surface area contributed by atoms with Crippen LogP contribution in [0, 0.1) is 6.92 Å². The number of hydrogen-bond acceptors (Lipinski definition) is 5. The molecule has 2 amide bonds. The minimum atomic E-state index is -0.440. The van der Waals surface area contributed by atoms with Crippen LogP contribution < -0.4 is 19.7 Å². The number of amides is 2. The number of ether oxygens (including phenoxy) is 2.